The predicted molar refractivity (Wildman–Crippen MR) is 69.1 cm³/mol. The summed E-state index contributed by atoms with van der Waals surface area (Å²) in [5.41, 5.74) is 6.31. The molecule has 0 fully saturated rings. The third-order valence-corrected chi connectivity index (χ3v) is 3.90. The predicted octanol–water partition coefficient (Wildman–Crippen LogP) is 1.58. The maximum atomic E-state index is 12.0. The van der Waals surface area contributed by atoms with E-state index in [-0.39, 0.29) is 0 Å². The lowest BCUT2D eigenvalue weighted by Crippen LogP contribution is -2.08. The zero-order chi connectivity index (χ0) is 12.3. The van der Waals surface area contributed by atoms with Gasteiger partial charge in [-0.2, -0.15) is 0 Å². The molecule has 0 radical (unpaired) electrons. The number of nitrogen functional groups attached to an aromatic ring is 1. The highest BCUT2D eigenvalue weighted by atomic mass is 32.2. The van der Waals surface area contributed by atoms with Crippen LogP contribution < -0.4 is 5.73 Å². The molecule has 1 aromatic heterocycles. The first-order chi connectivity index (χ1) is 8.16. The van der Waals surface area contributed by atoms with Crippen LogP contribution in [0, 0.1) is 6.92 Å². The number of anilines is 1. The third kappa shape index (κ3) is 2.94. The van der Waals surface area contributed by atoms with E-state index < -0.39 is 10.8 Å². The number of nitrogens with zero attached hydrogens (tertiary/aromatic N) is 2. The van der Waals surface area contributed by atoms with Gasteiger partial charge in [-0.1, -0.05) is 6.07 Å². The average molecular weight is 249 g/mol. The fourth-order valence-corrected chi connectivity index (χ4v) is 2.69. The van der Waals surface area contributed by atoms with E-state index in [9.17, 15) is 4.21 Å². The molecule has 2 rings (SSSR count). The molecule has 1 aromatic carbocycles. The minimum absolute atomic E-state index is 0.570. The summed E-state index contributed by atoms with van der Waals surface area (Å²) in [5, 5.41) is 0. The highest BCUT2D eigenvalue weighted by Gasteiger charge is 2.05. The number of imidazole rings is 1. The Morgan fingerprint density at radius 3 is 2.94 bits per heavy atom. The number of aryl methyl sites for hydroxylation is 2. The first-order valence-electron chi connectivity index (χ1n) is 5.38. The Morgan fingerprint density at radius 1 is 1.47 bits per heavy atom. The van der Waals surface area contributed by atoms with E-state index in [0.717, 1.165) is 10.7 Å². The topological polar surface area (TPSA) is 60.9 Å². The lowest BCUT2D eigenvalue weighted by Gasteiger charge is -2.05. The summed E-state index contributed by atoms with van der Waals surface area (Å²) >= 11 is 0. The molecule has 0 saturated heterocycles. The van der Waals surface area contributed by atoms with Crippen LogP contribution in [0.4, 0.5) is 5.69 Å². The van der Waals surface area contributed by atoms with Crippen LogP contribution in [0.5, 0.6) is 0 Å². The summed E-state index contributed by atoms with van der Waals surface area (Å²) in [6, 6.07) is 7.22. The van der Waals surface area contributed by atoms with Crippen LogP contribution in [0.2, 0.25) is 0 Å². The number of hydrogen-bond donors (Lipinski definition) is 1. The molecule has 5 heteroatoms. The van der Waals surface area contributed by atoms with Gasteiger partial charge in [0.25, 0.3) is 0 Å². The Balaban J connectivity index is 2.01. The summed E-state index contributed by atoms with van der Waals surface area (Å²) in [4.78, 5) is 4.91. The van der Waals surface area contributed by atoms with Crippen molar-refractivity contribution >= 4 is 16.5 Å². The molecule has 2 N–H and O–H groups in total. The Hall–Kier alpha value is -1.62. The minimum atomic E-state index is -1.02. The molecule has 0 spiro atoms. The molecule has 0 bridgehead atoms. The second kappa shape index (κ2) is 5.14. The molecular formula is C12H15N3OS. The summed E-state index contributed by atoms with van der Waals surface area (Å²) in [5.74, 6) is 1.51. The van der Waals surface area contributed by atoms with Gasteiger partial charge in [0.15, 0.2) is 0 Å². The molecular weight excluding hydrogens is 234 g/mol. The Bertz CT molecular complexity index is 536. The molecule has 0 aliphatic heterocycles. The Labute approximate surface area is 103 Å². The molecule has 1 atom stereocenters. The van der Waals surface area contributed by atoms with E-state index in [4.69, 9.17) is 5.73 Å². The summed E-state index contributed by atoms with van der Waals surface area (Å²) in [6.07, 6.45) is 3.64. The van der Waals surface area contributed by atoms with Gasteiger partial charge in [0.1, 0.15) is 5.82 Å². The first-order valence-corrected chi connectivity index (χ1v) is 6.70. The number of benzene rings is 1. The van der Waals surface area contributed by atoms with Gasteiger partial charge in [-0.25, -0.2) is 4.98 Å². The molecule has 0 amide bonds. The van der Waals surface area contributed by atoms with Crippen LogP contribution in [-0.2, 0) is 17.3 Å². The summed E-state index contributed by atoms with van der Waals surface area (Å²) in [7, 11) is -1.02. The van der Waals surface area contributed by atoms with Gasteiger partial charge in [0.05, 0.1) is 10.8 Å². The second-order valence-corrected chi connectivity index (χ2v) is 5.36. The van der Waals surface area contributed by atoms with Gasteiger partial charge in [-0.05, 0) is 25.1 Å². The minimum Gasteiger partial charge on any atom is -0.399 e. The molecule has 2 aromatic rings. The maximum absolute atomic E-state index is 12.0. The standard InChI is InChI=1S/C12H15N3OS/c1-10-14-5-6-15(10)7-8-17(16)12-4-2-3-11(13)9-12/h2-6,9H,7-8,13H2,1H3. The fourth-order valence-electron chi connectivity index (χ4n) is 1.60. The zero-order valence-electron chi connectivity index (χ0n) is 9.67. The smallest absolute Gasteiger partial charge is 0.105 e. The van der Waals surface area contributed by atoms with E-state index in [1.54, 1.807) is 18.3 Å². The molecule has 17 heavy (non-hydrogen) atoms. The van der Waals surface area contributed by atoms with E-state index >= 15 is 0 Å². The number of nitrogens with two attached hydrogens (primary N) is 1. The van der Waals surface area contributed by atoms with Gasteiger partial charge < -0.3 is 10.3 Å². The molecule has 1 unspecified atom stereocenters. The van der Waals surface area contributed by atoms with Crippen LogP contribution in [0.25, 0.3) is 0 Å². The first kappa shape index (κ1) is 11.9. The van der Waals surface area contributed by atoms with Crippen molar-refractivity contribution in [2.75, 3.05) is 11.5 Å². The van der Waals surface area contributed by atoms with Crippen molar-refractivity contribution in [3.05, 3.63) is 42.5 Å². The van der Waals surface area contributed by atoms with E-state index in [1.165, 1.54) is 0 Å². The van der Waals surface area contributed by atoms with Gasteiger partial charge in [-0.15, -0.1) is 0 Å². The van der Waals surface area contributed by atoms with Crippen molar-refractivity contribution in [1.29, 1.82) is 0 Å². The van der Waals surface area contributed by atoms with Gasteiger partial charge in [0, 0.05) is 35.3 Å². The van der Waals surface area contributed by atoms with E-state index in [2.05, 4.69) is 4.98 Å². The number of hydrogen-bond acceptors (Lipinski definition) is 3. The fraction of sp³-hybridized carbons (Fsp3) is 0.250. The van der Waals surface area contributed by atoms with Crippen molar-refractivity contribution in [3.63, 3.8) is 0 Å². The monoisotopic (exact) mass is 249 g/mol. The summed E-state index contributed by atoms with van der Waals surface area (Å²) < 4.78 is 14.0. The summed E-state index contributed by atoms with van der Waals surface area (Å²) in [6.45, 7) is 2.64. The molecule has 0 aliphatic rings. The molecule has 90 valence electrons. The third-order valence-electron chi connectivity index (χ3n) is 2.56. The van der Waals surface area contributed by atoms with Crippen molar-refractivity contribution in [2.45, 2.75) is 18.4 Å². The molecule has 0 aliphatic carbocycles. The van der Waals surface area contributed by atoms with Crippen LogP contribution in [0.3, 0.4) is 0 Å². The van der Waals surface area contributed by atoms with Crippen molar-refractivity contribution in [1.82, 2.24) is 9.55 Å². The van der Waals surface area contributed by atoms with Crippen molar-refractivity contribution in [3.8, 4) is 0 Å². The van der Waals surface area contributed by atoms with Gasteiger partial charge in [-0.3, -0.25) is 4.21 Å². The van der Waals surface area contributed by atoms with Crippen LogP contribution in [0.1, 0.15) is 5.82 Å². The average Bonchev–Trinajstić information content (AvgIpc) is 2.72. The quantitative estimate of drug-likeness (QED) is 0.837. The molecule has 0 saturated carbocycles. The highest BCUT2D eigenvalue weighted by molar-refractivity contribution is 7.85. The largest absolute Gasteiger partial charge is 0.399 e. The number of rotatable bonds is 4. The van der Waals surface area contributed by atoms with E-state index in [1.807, 2.05) is 29.8 Å². The lowest BCUT2D eigenvalue weighted by molar-refractivity contribution is 0.670. The Kier molecular flexibility index (Phi) is 3.58. The van der Waals surface area contributed by atoms with Gasteiger partial charge >= 0.3 is 0 Å². The van der Waals surface area contributed by atoms with Crippen LogP contribution >= 0.6 is 0 Å². The van der Waals surface area contributed by atoms with Crippen molar-refractivity contribution < 1.29 is 4.21 Å². The highest BCUT2D eigenvalue weighted by Crippen LogP contribution is 2.11. The Morgan fingerprint density at radius 2 is 2.29 bits per heavy atom. The normalized spacial score (nSPS) is 12.5. The molecule has 4 nitrogen and oxygen atoms in total. The number of aromatic nitrogens is 2. The lowest BCUT2D eigenvalue weighted by atomic mass is 10.3. The SMILES string of the molecule is Cc1nccn1CCS(=O)c1cccc(N)c1. The van der Waals surface area contributed by atoms with Crippen LogP contribution in [-0.4, -0.2) is 19.5 Å². The van der Waals surface area contributed by atoms with Gasteiger partial charge in [0.2, 0.25) is 0 Å². The zero-order valence-corrected chi connectivity index (χ0v) is 10.5. The molecule has 1 heterocycles. The van der Waals surface area contributed by atoms with E-state index in [0.29, 0.717) is 18.0 Å². The van der Waals surface area contributed by atoms with Crippen LogP contribution in [0.15, 0.2) is 41.6 Å². The van der Waals surface area contributed by atoms with Crippen molar-refractivity contribution in [2.24, 2.45) is 0 Å². The maximum Gasteiger partial charge on any atom is 0.105 e. The second-order valence-electron chi connectivity index (χ2n) is 3.79.